The predicted octanol–water partition coefficient (Wildman–Crippen LogP) is 3.24. The SMILES string of the molecule is O=C(NCc1ccc2c(c1)OCO2)C1CCC(C(=O)N2CCCCCC2)CC1. The summed E-state index contributed by atoms with van der Waals surface area (Å²) in [6.07, 6.45) is 8.00. The third kappa shape index (κ3) is 4.42. The second-order valence-corrected chi connectivity index (χ2v) is 8.19. The highest BCUT2D eigenvalue weighted by Gasteiger charge is 2.32. The van der Waals surface area contributed by atoms with Crippen molar-refractivity contribution in [1.82, 2.24) is 10.2 Å². The first kappa shape index (κ1) is 19.1. The maximum absolute atomic E-state index is 12.8. The van der Waals surface area contributed by atoms with Crippen molar-refractivity contribution in [3.63, 3.8) is 0 Å². The molecule has 4 rings (SSSR count). The Kier molecular flexibility index (Phi) is 6.03. The summed E-state index contributed by atoms with van der Waals surface area (Å²) in [6.45, 7) is 2.57. The Bertz CT molecular complexity index is 704. The van der Waals surface area contributed by atoms with Crippen molar-refractivity contribution in [2.24, 2.45) is 11.8 Å². The fourth-order valence-electron chi connectivity index (χ4n) is 4.54. The highest BCUT2D eigenvalue weighted by molar-refractivity contribution is 5.81. The molecule has 1 aromatic carbocycles. The normalized spacial score (nSPS) is 24.5. The number of carbonyl (C=O) groups excluding carboxylic acids is 2. The average molecular weight is 386 g/mol. The van der Waals surface area contributed by atoms with Gasteiger partial charge in [-0.15, -0.1) is 0 Å². The topological polar surface area (TPSA) is 67.9 Å². The van der Waals surface area contributed by atoms with Crippen LogP contribution in [0.2, 0.25) is 0 Å². The molecular weight excluding hydrogens is 356 g/mol. The largest absolute Gasteiger partial charge is 0.454 e. The average Bonchev–Trinajstić information content (AvgIpc) is 3.03. The fourth-order valence-corrected chi connectivity index (χ4v) is 4.54. The van der Waals surface area contributed by atoms with Gasteiger partial charge in [-0.25, -0.2) is 0 Å². The van der Waals surface area contributed by atoms with Crippen molar-refractivity contribution in [3.8, 4) is 11.5 Å². The molecule has 1 N–H and O–H groups in total. The number of likely N-dealkylation sites (tertiary alicyclic amines) is 1. The summed E-state index contributed by atoms with van der Waals surface area (Å²) in [4.78, 5) is 27.4. The van der Waals surface area contributed by atoms with Crippen LogP contribution in [0.4, 0.5) is 0 Å². The number of hydrogen-bond acceptors (Lipinski definition) is 4. The number of nitrogens with one attached hydrogen (secondary N) is 1. The van der Waals surface area contributed by atoms with Crippen molar-refractivity contribution in [3.05, 3.63) is 23.8 Å². The van der Waals surface area contributed by atoms with Crippen LogP contribution in [-0.2, 0) is 16.1 Å². The Morgan fingerprint density at radius 2 is 1.61 bits per heavy atom. The molecule has 0 atom stereocenters. The zero-order valence-corrected chi connectivity index (χ0v) is 16.5. The van der Waals surface area contributed by atoms with Gasteiger partial charge in [-0.05, 0) is 56.2 Å². The number of hydrogen-bond donors (Lipinski definition) is 1. The molecular formula is C22H30N2O4. The van der Waals surface area contributed by atoms with E-state index in [9.17, 15) is 9.59 Å². The van der Waals surface area contributed by atoms with E-state index < -0.39 is 0 Å². The zero-order valence-electron chi connectivity index (χ0n) is 16.5. The molecule has 28 heavy (non-hydrogen) atoms. The van der Waals surface area contributed by atoms with Gasteiger partial charge in [0.15, 0.2) is 11.5 Å². The first-order chi connectivity index (χ1) is 13.7. The van der Waals surface area contributed by atoms with Gasteiger partial charge in [0.1, 0.15) is 0 Å². The van der Waals surface area contributed by atoms with E-state index in [2.05, 4.69) is 10.2 Å². The zero-order chi connectivity index (χ0) is 19.3. The first-order valence-corrected chi connectivity index (χ1v) is 10.7. The quantitative estimate of drug-likeness (QED) is 0.863. The molecule has 0 aromatic heterocycles. The molecule has 0 bridgehead atoms. The monoisotopic (exact) mass is 386 g/mol. The summed E-state index contributed by atoms with van der Waals surface area (Å²) < 4.78 is 10.7. The Hall–Kier alpha value is -2.24. The second kappa shape index (κ2) is 8.84. The third-order valence-electron chi connectivity index (χ3n) is 6.27. The van der Waals surface area contributed by atoms with E-state index in [1.54, 1.807) is 0 Å². The van der Waals surface area contributed by atoms with Gasteiger partial charge in [0, 0.05) is 31.5 Å². The third-order valence-corrected chi connectivity index (χ3v) is 6.27. The number of carbonyl (C=O) groups is 2. The van der Waals surface area contributed by atoms with Gasteiger partial charge < -0.3 is 19.7 Å². The van der Waals surface area contributed by atoms with Gasteiger partial charge >= 0.3 is 0 Å². The lowest BCUT2D eigenvalue weighted by Gasteiger charge is -2.31. The summed E-state index contributed by atoms with van der Waals surface area (Å²) in [6, 6.07) is 5.74. The molecule has 2 amide bonds. The first-order valence-electron chi connectivity index (χ1n) is 10.7. The number of nitrogens with zero attached hydrogens (tertiary/aromatic N) is 1. The fraction of sp³-hybridized carbons (Fsp3) is 0.636. The minimum atomic E-state index is 0.0159. The van der Waals surface area contributed by atoms with Crippen LogP contribution in [0.5, 0.6) is 11.5 Å². The molecule has 0 spiro atoms. The van der Waals surface area contributed by atoms with Crippen molar-refractivity contribution in [2.45, 2.75) is 57.9 Å². The minimum absolute atomic E-state index is 0.0159. The lowest BCUT2D eigenvalue weighted by Crippen LogP contribution is -2.40. The van der Waals surface area contributed by atoms with Crippen LogP contribution >= 0.6 is 0 Å². The molecule has 3 aliphatic rings. The van der Waals surface area contributed by atoms with Crippen LogP contribution in [0.25, 0.3) is 0 Å². The Balaban J connectivity index is 1.23. The van der Waals surface area contributed by atoms with E-state index in [0.717, 1.165) is 68.7 Å². The molecule has 2 fully saturated rings. The molecule has 1 saturated heterocycles. The number of rotatable bonds is 4. The standard InChI is InChI=1S/C22H30N2O4/c25-21(23-14-16-5-10-19-20(13-16)28-15-27-19)17-6-8-18(9-7-17)22(26)24-11-3-1-2-4-12-24/h5,10,13,17-18H,1-4,6-9,11-12,14-15H2,(H,23,25). The predicted molar refractivity (Wildman–Crippen MR) is 105 cm³/mol. The van der Waals surface area contributed by atoms with Gasteiger partial charge in [0.05, 0.1) is 0 Å². The number of amides is 2. The number of ether oxygens (including phenoxy) is 2. The van der Waals surface area contributed by atoms with Gasteiger partial charge in [0.25, 0.3) is 0 Å². The van der Waals surface area contributed by atoms with Crippen molar-refractivity contribution in [1.29, 1.82) is 0 Å². The van der Waals surface area contributed by atoms with Crippen molar-refractivity contribution >= 4 is 11.8 Å². The maximum atomic E-state index is 12.8. The summed E-state index contributed by atoms with van der Waals surface area (Å²) in [7, 11) is 0. The summed E-state index contributed by atoms with van der Waals surface area (Å²) >= 11 is 0. The van der Waals surface area contributed by atoms with Crippen LogP contribution in [0.3, 0.4) is 0 Å². The highest BCUT2D eigenvalue weighted by Crippen LogP contribution is 2.33. The maximum Gasteiger partial charge on any atom is 0.231 e. The number of benzene rings is 1. The molecule has 1 aromatic rings. The molecule has 0 unspecified atom stereocenters. The molecule has 1 saturated carbocycles. The molecule has 6 heteroatoms. The highest BCUT2D eigenvalue weighted by atomic mass is 16.7. The van der Waals surface area contributed by atoms with Crippen LogP contribution < -0.4 is 14.8 Å². The van der Waals surface area contributed by atoms with E-state index in [0.29, 0.717) is 12.5 Å². The Morgan fingerprint density at radius 1 is 0.929 bits per heavy atom. The number of fused-ring (bicyclic) bond motifs is 1. The van der Waals surface area contributed by atoms with Gasteiger partial charge in [-0.2, -0.15) is 0 Å². The van der Waals surface area contributed by atoms with E-state index in [1.165, 1.54) is 12.8 Å². The lowest BCUT2D eigenvalue weighted by molar-refractivity contribution is -0.138. The lowest BCUT2D eigenvalue weighted by atomic mass is 9.81. The van der Waals surface area contributed by atoms with Gasteiger partial charge in [-0.1, -0.05) is 18.9 Å². The van der Waals surface area contributed by atoms with E-state index >= 15 is 0 Å². The second-order valence-electron chi connectivity index (χ2n) is 8.19. The van der Waals surface area contributed by atoms with E-state index in [-0.39, 0.29) is 24.5 Å². The van der Waals surface area contributed by atoms with Crippen molar-refractivity contribution in [2.75, 3.05) is 19.9 Å². The minimum Gasteiger partial charge on any atom is -0.454 e. The van der Waals surface area contributed by atoms with E-state index in [1.807, 2.05) is 18.2 Å². The Labute approximate surface area is 166 Å². The summed E-state index contributed by atoms with van der Waals surface area (Å²) in [5, 5.41) is 3.04. The molecule has 2 aliphatic heterocycles. The molecule has 1 aliphatic carbocycles. The summed E-state index contributed by atoms with van der Waals surface area (Å²) in [5.41, 5.74) is 1.00. The summed E-state index contributed by atoms with van der Waals surface area (Å²) in [5.74, 6) is 2.03. The molecule has 152 valence electrons. The van der Waals surface area contributed by atoms with Gasteiger partial charge in [0.2, 0.25) is 18.6 Å². The van der Waals surface area contributed by atoms with Crippen molar-refractivity contribution < 1.29 is 19.1 Å². The van der Waals surface area contributed by atoms with Crippen LogP contribution in [0, 0.1) is 11.8 Å². The van der Waals surface area contributed by atoms with E-state index in [4.69, 9.17) is 9.47 Å². The molecule has 6 nitrogen and oxygen atoms in total. The molecule has 2 heterocycles. The Morgan fingerprint density at radius 3 is 2.36 bits per heavy atom. The van der Waals surface area contributed by atoms with Crippen LogP contribution in [-0.4, -0.2) is 36.6 Å². The van der Waals surface area contributed by atoms with Crippen LogP contribution in [0.1, 0.15) is 56.9 Å². The van der Waals surface area contributed by atoms with Gasteiger partial charge in [-0.3, -0.25) is 9.59 Å². The molecule has 0 radical (unpaired) electrons. The smallest absolute Gasteiger partial charge is 0.231 e. The van der Waals surface area contributed by atoms with Crippen LogP contribution in [0.15, 0.2) is 18.2 Å².